The van der Waals surface area contributed by atoms with Gasteiger partial charge in [0.2, 0.25) is 0 Å². The van der Waals surface area contributed by atoms with E-state index in [4.69, 9.17) is 5.26 Å². The summed E-state index contributed by atoms with van der Waals surface area (Å²) >= 11 is 0. The number of hydrogen-bond acceptors (Lipinski definition) is 3. The fourth-order valence-electron chi connectivity index (χ4n) is 1.95. The van der Waals surface area contributed by atoms with Crippen LogP contribution in [0, 0.1) is 23.7 Å². The van der Waals surface area contributed by atoms with Gasteiger partial charge in [-0.2, -0.15) is 5.26 Å². The largest absolute Gasteiger partial charge is 0.224 e. The summed E-state index contributed by atoms with van der Waals surface area (Å²) in [4.78, 5) is 0.368. The minimum absolute atomic E-state index is 0.108. The van der Waals surface area contributed by atoms with Crippen molar-refractivity contribution in [2.24, 2.45) is 5.41 Å². The molecule has 4 heteroatoms. The molecule has 0 spiro atoms. The maximum atomic E-state index is 12.2. The highest BCUT2D eigenvalue weighted by Crippen LogP contribution is 2.50. The Hall–Kier alpha value is -1.34. The third-order valence-electron chi connectivity index (χ3n) is 3.29. The lowest BCUT2D eigenvalue weighted by Crippen LogP contribution is -2.17. The topological polar surface area (TPSA) is 57.9 Å². The molecule has 0 unspecified atom stereocenters. The van der Waals surface area contributed by atoms with Crippen molar-refractivity contribution in [2.45, 2.75) is 31.1 Å². The Balaban J connectivity index is 2.20. The standard InChI is InChI=1S/C13H15NO2S/c1-11-2-4-12(5-3-11)17(15,16)10-13(6-7-13)8-9-14/h2-5H,6-8,10H2,1H3. The van der Waals surface area contributed by atoms with Crippen LogP contribution in [0.2, 0.25) is 0 Å². The molecule has 0 saturated heterocycles. The van der Waals surface area contributed by atoms with E-state index >= 15 is 0 Å². The molecule has 3 nitrogen and oxygen atoms in total. The fraction of sp³-hybridized carbons (Fsp3) is 0.462. The van der Waals surface area contributed by atoms with Crippen molar-refractivity contribution >= 4 is 9.84 Å². The van der Waals surface area contributed by atoms with Crippen LogP contribution in [0.1, 0.15) is 24.8 Å². The van der Waals surface area contributed by atoms with Gasteiger partial charge in [0.25, 0.3) is 0 Å². The second-order valence-corrected chi connectivity index (χ2v) is 6.90. The third-order valence-corrected chi connectivity index (χ3v) is 5.27. The Kier molecular flexibility index (Phi) is 2.96. The molecule has 1 aliphatic rings. The van der Waals surface area contributed by atoms with Gasteiger partial charge in [-0.05, 0) is 37.3 Å². The van der Waals surface area contributed by atoms with Crippen LogP contribution in [0.4, 0.5) is 0 Å². The lowest BCUT2D eigenvalue weighted by Gasteiger charge is -2.11. The van der Waals surface area contributed by atoms with Crippen LogP contribution < -0.4 is 0 Å². The van der Waals surface area contributed by atoms with Crippen LogP contribution in [0.15, 0.2) is 29.2 Å². The molecular formula is C13H15NO2S. The summed E-state index contributed by atoms with van der Waals surface area (Å²) in [5.41, 5.74) is 0.778. The van der Waals surface area contributed by atoms with Crippen molar-refractivity contribution in [3.05, 3.63) is 29.8 Å². The van der Waals surface area contributed by atoms with Crippen molar-refractivity contribution < 1.29 is 8.42 Å². The summed E-state index contributed by atoms with van der Waals surface area (Å²) in [6.45, 7) is 1.93. The van der Waals surface area contributed by atoms with Gasteiger partial charge in [0.1, 0.15) is 0 Å². The Morgan fingerprint density at radius 1 is 1.29 bits per heavy atom. The van der Waals surface area contributed by atoms with Gasteiger partial charge >= 0.3 is 0 Å². The first-order chi connectivity index (χ1) is 7.97. The van der Waals surface area contributed by atoms with E-state index in [0.29, 0.717) is 11.3 Å². The zero-order valence-corrected chi connectivity index (χ0v) is 10.6. The first-order valence-corrected chi connectivity index (χ1v) is 7.29. The number of nitriles is 1. The van der Waals surface area contributed by atoms with Crippen LogP contribution in [-0.2, 0) is 9.84 Å². The van der Waals surface area contributed by atoms with Crippen LogP contribution in [0.25, 0.3) is 0 Å². The van der Waals surface area contributed by atoms with E-state index in [0.717, 1.165) is 18.4 Å². The normalized spacial score (nSPS) is 17.4. The van der Waals surface area contributed by atoms with Gasteiger partial charge in [-0.3, -0.25) is 0 Å². The molecule has 0 radical (unpaired) electrons. The molecule has 0 N–H and O–H groups in total. The molecule has 0 amide bonds. The third kappa shape index (κ3) is 2.67. The predicted octanol–water partition coefficient (Wildman–Crippen LogP) is 2.46. The fourth-order valence-corrected chi connectivity index (χ4v) is 3.86. The Labute approximate surface area is 102 Å². The van der Waals surface area contributed by atoms with E-state index in [-0.39, 0.29) is 11.2 Å². The molecule has 0 aromatic heterocycles. The molecule has 0 aliphatic heterocycles. The highest BCUT2D eigenvalue weighted by Gasteiger charge is 2.46. The van der Waals surface area contributed by atoms with Crippen molar-refractivity contribution in [3.8, 4) is 6.07 Å². The lowest BCUT2D eigenvalue weighted by molar-refractivity contribution is 0.548. The number of nitrogens with zero attached hydrogens (tertiary/aromatic N) is 1. The van der Waals surface area contributed by atoms with Crippen LogP contribution in [-0.4, -0.2) is 14.2 Å². The minimum atomic E-state index is -3.25. The van der Waals surface area contributed by atoms with Gasteiger partial charge in [-0.25, -0.2) is 8.42 Å². The van der Waals surface area contributed by atoms with E-state index in [2.05, 4.69) is 6.07 Å². The van der Waals surface area contributed by atoms with Gasteiger partial charge in [0.15, 0.2) is 9.84 Å². The summed E-state index contributed by atoms with van der Waals surface area (Å²) in [7, 11) is -3.25. The highest BCUT2D eigenvalue weighted by atomic mass is 32.2. The smallest absolute Gasteiger partial charge is 0.178 e. The predicted molar refractivity (Wildman–Crippen MR) is 65.1 cm³/mol. The number of aryl methyl sites for hydroxylation is 1. The SMILES string of the molecule is Cc1ccc(S(=O)(=O)CC2(CC#N)CC2)cc1. The Morgan fingerprint density at radius 2 is 1.88 bits per heavy atom. The quantitative estimate of drug-likeness (QED) is 0.823. The monoisotopic (exact) mass is 249 g/mol. The van der Waals surface area contributed by atoms with Gasteiger partial charge in [0, 0.05) is 6.42 Å². The van der Waals surface area contributed by atoms with E-state index in [9.17, 15) is 8.42 Å². The lowest BCUT2D eigenvalue weighted by atomic mass is 10.1. The minimum Gasteiger partial charge on any atom is -0.224 e. The Morgan fingerprint density at radius 3 is 2.35 bits per heavy atom. The van der Waals surface area contributed by atoms with Gasteiger partial charge in [-0.1, -0.05) is 17.7 Å². The van der Waals surface area contributed by atoms with Crippen LogP contribution in [0.3, 0.4) is 0 Å². The molecule has 17 heavy (non-hydrogen) atoms. The van der Waals surface area contributed by atoms with Gasteiger partial charge in [-0.15, -0.1) is 0 Å². The second-order valence-electron chi connectivity index (χ2n) is 4.91. The number of rotatable bonds is 4. The first-order valence-electron chi connectivity index (χ1n) is 5.64. The summed E-state index contributed by atoms with van der Waals surface area (Å²) in [6.07, 6.45) is 2.05. The molecule has 90 valence electrons. The van der Waals surface area contributed by atoms with Crippen LogP contribution >= 0.6 is 0 Å². The zero-order chi connectivity index (χ0) is 12.5. The summed E-state index contributed by atoms with van der Waals surface area (Å²) in [5, 5.41) is 8.70. The van der Waals surface area contributed by atoms with Crippen molar-refractivity contribution in [2.75, 3.05) is 5.75 Å². The Bertz CT molecular complexity index is 548. The molecule has 0 heterocycles. The van der Waals surface area contributed by atoms with E-state index < -0.39 is 9.84 Å². The number of benzene rings is 1. The summed E-state index contributed by atoms with van der Waals surface area (Å²) < 4.78 is 24.3. The van der Waals surface area contributed by atoms with Gasteiger partial charge < -0.3 is 0 Å². The molecule has 1 fully saturated rings. The highest BCUT2D eigenvalue weighted by molar-refractivity contribution is 7.91. The second kappa shape index (κ2) is 4.15. The van der Waals surface area contributed by atoms with Gasteiger partial charge in [0.05, 0.1) is 16.7 Å². The van der Waals surface area contributed by atoms with Crippen LogP contribution in [0.5, 0.6) is 0 Å². The average Bonchev–Trinajstić information content (AvgIpc) is 2.98. The average molecular weight is 249 g/mol. The molecular weight excluding hydrogens is 234 g/mol. The van der Waals surface area contributed by atoms with Crippen molar-refractivity contribution in [1.29, 1.82) is 5.26 Å². The molecule has 1 aromatic carbocycles. The number of hydrogen-bond donors (Lipinski definition) is 0. The molecule has 1 aromatic rings. The molecule has 0 atom stereocenters. The molecule has 1 aliphatic carbocycles. The molecule has 2 rings (SSSR count). The number of sulfone groups is 1. The summed E-state index contributed by atoms with van der Waals surface area (Å²) in [5.74, 6) is 0.108. The van der Waals surface area contributed by atoms with E-state index in [1.807, 2.05) is 6.92 Å². The van der Waals surface area contributed by atoms with E-state index in [1.54, 1.807) is 24.3 Å². The molecule has 0 bridgehead atoms. The van der Waals surface area contributed by atoms with Crippen molar-refractivity contribution in [1.82, 2.24) is 0 Å². The molecule has 1 saturated carbocycles. The maximum absolute atomic E-state index is 12.2. The maximum Gasteiger partial charge on any atom is 0.178 e. The zero-order valence-electron chi connectivity index (χ0n) is 9.81. The van der Waals surface area contributed by atoms with E-state index in [1.165, 1.54) is 0 Å². The van der Waals surface area contributed by atoms with Crippen molar-refractivity contribution in [3.63, 3.8) is 0 Å². The summed E-state index contributed by atoms with van der Waals surface area (Å²) in [6, 6.07) is 8.99. The first kappa shape index (κ1) is 12.1.